The molecule has 0 spiro atoms. The molecule has 0 fully saturated rings. The lowest BCUT2D eigenvalue weighted by atomic mass is 10.1. The van der Waals surface area contributed by atoms with Crippen molar-refractivity contribution >= 4 is 17.1 Å². The highest BCUT2D eigenvalue weighted by Gasteiger charge is 2.30. The van der Waals surface area contributed by atoms with Crippen LogP contribution in [0.5, 0.6) is 0 Å². The van der Waals surface area contributed by atoms with Crippen molar-refractivity contribution in [2.24, 2.45) is 5.84 Å². The van der Waals surface area contributed by atoms with E-state index in [1.165, 1.54) is 0 Å². The van der Waals surface area contributed by atoms with E-state index < -0.39 is 0 Å². The van der Waals surface area contributed by atoms with Gasteiger partial charge in [0.2, 0.25) is 0 Å². The van der Waals surface area contributed by atoms with Gasteiger partial charge in [0, 0.05) is 23.8 Å². The summed E-state index contributed by atoms with van der Waals surface area (Å²) < 4.78 is 0. The lowest BCUT2D eigenvalue weighted by molar-refractivity contribution is 0.212. The molecule has 1 aliphatic heterocycles. The summed E-state index contributed by atoms with van der Waals surface area (Å²) in [7, 11) is 0. The van der Waals surface area contributed by atoms with E-state index in [1.807, 2.05) is 11.1 Å². The first-order chi connectivity index (χ1) is 7.02. The lowest BCUT2D eigenvalue weighted by Crippen LogP contribution is -2.47. The normalized spacial score (nSPS) is 16.1. The highest BCUT2D eigenvalue weighted by molar-refractivity contribution is 5.78. The molecule has 6 N–H and O–H groups in total. The highest BCUT2D eigenvalue weighted by atomic mass is 15.8. The quantitative estimate of drug-likeness (QED) is 0.465. The number of nitrogens with zero attached hydrogens (tertiary/aromatic N) is 2. The summed E-state index contributed by atoms with van der Waals surface area (Å²) in [5.41, 5.74) is 15.1. The Balaban J connectivity index is 2.49. The minimum absolute atomic E-state index is 0.321. The van der Waals surface area contributed by atoms with Gasteiger partial charge in [-0.15, -0.1) is 0 Å². The Morgan fingerprint density at radius 3 is 2.33 bits per heavy atom. The Hall–Kier alpha value is -1.46. The van der Waals surface area contributed by atoms with E-state index in [1.54, 1.807) is 11.2 Å². The van der Waals surface area contributed by atoms with E-state index in [4.69, 9.17) is 17.3 Å². The minimum Gasteiger partial charge on any atom is -0.398 e. The van der Waals surface area contributed by atoms with Crippen molar-refractivity contribution in [1.29, 1.82) is 0 Å². The van der Waals surface area contributed by atoms with Crippen molar-refractivity contribution in [3.63, 3.8) is 0 Å². The van der Waals surface area contributed by atoms with Crippen LogP contribution in [0.2, 0.25) is 0 Å². The van der Waals surface area contributed by atoms with Crippen molar-refractivity contribution in [3.05, 3.63) is 17.7 Å². The Labute approximate surface area is 89.4 Å². The van der Waals surface area contributed by atoms with Gasteiger partial charge in [-0.3, -0.25) is 0 Å². The molecule has 1 heterocycles. The first-order valence-corrected chi connectivity index (χ1v) is 5.00. The topological polar surface area (TPSA) is 84.5 Å². The largest absolute Gasteiger partial charge is 0.398 e. The molecule has 1 aliphatic rings. The van der Waals surface area contributed by atoms with Gasteiger partial charge in [0.05, 0.1) is 11.4 Å². The highest BCUT2D eigenvalue weighted by Crippen LogP contribution is 2.38. The van der Waals surface area contributed by atoms with Crippen LogP contribution in [-0.2, 0) is 6.54 Å². The third kappa shape index (κ3) is 1.40. The van der Waals surface area contributed by atoms with E-state index >= 15 is 0 Å². The van der Waals surface area contributed by atoms with Gasteiger partial charge in [-0.05, 0) is 26.0 Å². The molecule has 0 radical (unpaired) electrons. The Morgan fingerprint density at radius 1 is 1.20 bits per heavy atom. The Morgan fingerprint density at radius 2 is 1.80 bits per heavy atom. The molecule has 0 aromatic heterocycles. The number of nitrogen functional groups attached to an aromatic ring is 2. The van der Waals surface area contributed by atoms with Crippen LogP contribution in [0.3, 0.4) is 0 Å². The molecule has 0 aliphatic carbocycles. The van der Waals surface area contributed by atoms with Gasteiger partial charge in [-0.25, -0.2) is 11.0 Å². The van der Waals surface area contributed by atoms with Gasteiger partial charge in [-0.2, -0.15) is 5.01 Å². The molecule has 0 bridgehead atoms. The van der Waals surface area contributed by atoms with E-state index in [2.05, 4.69) is 13.8 Å². The summed E-state index contributed by atoms with van der Waals surface area (Å²) in [5, 5.41) is 3.63. The zero-order valence-electron chi connectivity index (χ0n) is 9.07. The molecule has 0 saturated carbocycles. The molecule has 0 atom stereocenters. The second-order valence-electron chi connectivity index (χ2n) is 4.11. The minimum atomic E-state index is 0.321. The molecule has 82 valence electrons. The van der Waals surface area contributed by atoms with Gasteiger partial charge in [0.1, 0.15) is 0 Å². The summed E-state index contributed by atoms with van der Waals surface area (Å²) in [4.78, 5) is 0. The second-order valence-corrected chi connectivity index (χ2v) is 4.11. The maximum absolute atomic E-state index is 5.98. The molecule has 1 aromatic carbocycles. The maximum atomic E-state index is 5.98. The number of nitrogens with two attached hydrogens (primary N) is 3. The second kappa shape index (κ2) is 3.29. The van der Waals surface area contributed by atoms with Crippen LogP contribution in [0.15, 0.2) is 12.1 Å². The van der Waals surface area contributed by atoms with Crippen molar-refractivity contribution in [3.8, 4) is 0 Å². The number of benzene rings is 1. The molecule has 15 heavy (non-hydrogen) atoms. The van der Waals surface area contributed by atoms with Crippen molar-refractivity contribution in [1.82, 2.24) is 5.01 Å². The SMILES string of the molecule is CC(C)N1Cc2c(N)ccc(N)c2N1N. The molecule has 2 rings (SSSR count). The van der Waals surface area contributed by atoms with Crippen LogP contribution in [0.25, 0.3) is 0 Å². The lowest BCUT2D eigenvalue weighted by Gasteiger charge is -2.29. The average Bonchev–Trinajstić information content (AvgIpc) is 2.51. The van der Waals surface area contributed by atoms with Gasteiger partial charge in [0.15, 0.2) is 0 Å². The van der Waals surface area contributed by atoms with Gasteiger partial charge in [0.25, 0.3) is 0 Å². The molecule has 0 unspecified atom stereocenters. The summed E-state index contributed by atoms with van der Waals surface area (Å²) in [5.74, 6) is 5.98. The smallest absolute Gasteiger partial charge is 0.0997 e. The first kappa shape index (κ1) is 10.1. The van der Waals surface area contributed by atoms with E-state index in [0.717, 1.165) is 23.5 Å². The molecular formula is C10H17N5. The van der Waals surface area contributed by atoms with Gasteiger partial charge >= 0.3 is 0 Å². The average molecular weight is 207 g/mol. The Kier molecular flexibility index (Phi) is 2.21. The summed E-state index contributed by atoms with van der Waals surface area (Å²) in [6.45, 7) is 4.89. The third-order valence-corrected chi connectivity index (χ3v) is 2.77. The van der Waals surface area contributed by atoms with Crippen LogP contribution >= 0.6 is 0 Å². The molecule has 5 nitrogen and oxygen atoms in total. The van der Waals surface area contributed by atoms with E-state index in [9.17, 15) is 0 Å². The number of hydrogen-bond donors (Lipinski definition) is 3. The van der Waals surface area contributed by atoms with Crippen molar-refractivity contribution < 1.29 is 0 Å². The predicted molar refractivity (Wildman–Crippen MR) is 62.6 cm³/mol. The molecule has 1 aromatic rings. The van der Waals surface area contributed by atoms with Crippen LogP contribution < -0.4 is 22.4 Å². The molecular weight excluding hydrogens is 190 g/mol. The van der Waals surface area contributed by atoms with Crippen LogP contribution in [0, 0.1) is 0 Å². The fraction of sp³-hybridized carbons (Fsp3) is 0.400. The number of anilines is 3. The zero-order chi connectivity index (χ0) is 11.2. The number of hydrazine groups is 2. The summed E-state index contributed by atoms with van der Waals surface area (Å²) in [6.07, 6.45) is 0. The molecule has 5 heteroatoms. The van der Waals surface area contributed by atoms with Crippen LogP contribution in [0.4, 0.5) is 17.1 Å². The number of rotatable bonds is 1. The van der Waals surface area contributed by atoms with Crippen LogP contribution in [-0.4, -0.2) is 11.1 Å². The monoisotopic (exact) mass is 207 g/mol. The predicted octanol–water partition coefficient (Wildman–Crippen LogP) is 0.670. The zero-order valence-corrected chi connectivity index (χ0v) is 9.07. The maximum Gasteiger partial charge on any atom is 0.0997 e. The number of fused-ring (bicyclic) bond motifs is 1. The number of hydrogen-bond acceptors (Lipinski definition) is 5. The Bertz CT molecular complexity index is 388. The standard InChI is InChI=1S/C10H17N5/c1-6(2)14-5-7-8(11)3-4-9(12)10(7)15(14)13/h3-4,6H,5,11-13H2,1-2H3. The van der Waals surface area contributed by atoms with E-state index in [-0.39, 0.29) is 0 Å². The fourth-order valence-electron chi connectivity index (χ4n) is 1.90. The van der Waals surface area contributed by atoms with Crippen molar-refractivity contribution in [2.45, 2.75) is 26.4 Å². The molecule has 0 amide bonds. The van der Waals surface area contributed by atoms with Gasteiger partial charge in [-0.1, -0.05) is 0 Å². The van der Waals surface area contributed by atoms with E-state index in [0.29, 0.717) is 11.7 Å². The molecule has 0 saturated heterocycles. The summed E-state index contributed by atoms with van der Waals surface area (Å²) >= 11 is 0. The summed E-state index contributed by atoms with van der Waals surface area (Å²) in [6, 6.07) is 3.94. The van der Waals surface area contributed by atoms with Gasteiger partial charge < -0.3 is 11.5 Å². The fourth-order valence-corrected chi connectivity index (χ4v) is 1.90. The third-order valence-electron chi connectivity index (χ3n) is 2.77. The van der Waals surface area contributed by atoms with Crippen molar-refractivity contribution in [2.75, 3.05) is 16.6 Å². The first-order valence-electron chi connectivity index (χ1n) is 5.00. The van der Waals surface area contributed by atoms with Crippen LogP contribution in [0.1, 0.15) is 19.4 Å².